The van der Waals surface area contributed by atoms with Crippen LogP contribution in [0.3, 0.4) is 0 Å². The van der Waals surface area contributed by atoms with Crippen molar-refractivity contribution in [1.82, 2.24) is 4.90 Å². The fraction of sp³-hybridized carbons (Fsp3) is 0.143. The molecule has 10 heteroatoms. The molecule has 1 aliphatic heterocycles. The lowest BCUT2D eigenvalue weighted by atomic mass is 10.2. The number of hydrogen-bond acceptors (Lipinski definition) is 6. The molecule has 160 valence electrons. The number of rotatable bonds is 6. The second-order valence-electron chi connectivity index (χ2n) is 6.28. The molecule has 0 aliphatic carbocycles. The molecule has 0 bridgehead atoms. The number of benzene rings is 2. The van der Waals surface area contributed by atoms with Crippen molar-refractivity contribution in [1.29, 1.82) is 0 Å². The van der Waals surface area contributed by atoms with Crippen molar-refractivity contribution in [2.24, 2.45) is 0 Å². The molecule has 0 spiro atoms. The summed E-state index contributed by atoms with van der Waals surface area (Å²) in [5, 5.41) is 2.22. The van der Waals surface area contributed by atoms with Crippen molar-refractivity contribution >= 4 is 80.7 Å². The molecule has 31 heavy (non-hydrogen) atoms. The van der Waals surface area contributed by atoms with Gasteiger partial charge in [0.05, 0.1) is 22.1 Å². The zero-order valence-corrected chi connectivity index (χ0v) is 19.9. The lowest BCUT2D eigenvalue weighted by Crippen LogP contribution is -2.36. The van der Waals surface area contributed by atoms with E-state index in [0.29, 0.717) is 5.69 Å². The number of nitrogens with one attached hydrogen (secondary N) is 1. The van der Waals surface area contributed by atoms with Crippen LogP contribution in [0.1, 0.15) is 22.8 Å². The van der Waals surface area contributed by atoms with E-state index in [-0.39, 0.29) is 22.1 Å². The van der Waals surface area contributed by atoms with E-state index in [2.05, 4.69) is 27.9 Å². The van der Waals surface area contributed by atoms with E-state index in [1.807, 2.05) is 24.3 Å². The zero-order chi connectivity index (χ0) is 22.5. The van der Waals surface area contributed by atoms with Crippen molar-refractivity contribution in [3.63, 3.8) is 0 Å². The molecule has 3 amide bonds. The van der Waals surface area contributed by atoms with Crippen molar-refractivity contribution in [2.75, 3.05) is 18.5 Å². The van der Waals surface area contributed by atoms with Crippen LogP contribution < -0.4 is 5.32 Å². The highest BCUT2D eigenvalue weighted by Crippen LogP contribution is 2.32. The minimum atomic E-state index is -0.615. The van der Waals surface area contributed by atoms with E-state index < -0.39 is 29.6 Å². The van der Waals surface area contributed by atoms with E-state index in [1.165, 1.54) is 18.2 Å². The van der Waals surface area contributed by atoms with Gasteiger partial charge in [0, 0.05) is 9.26 Å². The summed E-state index contributed by atoms with van der Waals surface area (Å²) in [4.78, 5) is 50.3. The minimum absolute atomic E-state index is 0.105. The number of nitrogens with zero attached hydrogens (tertiary/aromatic N) is 1. The van der Waals surface area contributed by atoms with E-state index in [1.54, 1.807) is 13.0 Å². The fourth-order valence-corrected chi connectivity index (χ4v) is 4.05. The molecule has 0 aromatic heterocycles. The highest BCUT2D eigenvalue weighted by Gasteiger charge is 2.36. The number of amides is 3. The molecule has 0 saturated carbocycles. The normalized spacial score (nSPS) is 14.8. The summed E-state index contributed by atoms with van der Waals surface area (Å²) in [5.41, 5.74) is 1.18. The van der Waals surface area contributed by atoms with Crippen molar-refractivity contribution in [2.45, 2.75) is 6.92 Å². The first-order chi connectivity index (χ1) is 14.8. The standard InChI is InChI=1S/C21H16ClIN2O5S/c1-2-30-20(28)15-10-14(7-8-16(15)22)24-18(26)11-25-19(27)17(31-21(25)29)9-12-3-5-13(23)6-4-12/h3-10H,2,11H2,1H3,(H,24,26)/b17-9-. The largest absolute Gasteiger partial charge is 0.462 e. The summed E-state index contributed by atoms with van der Waals surface area (Å²) in [7, 11) is 0. The summed E-state index contributed by atoms with van der Waals surface area (Å²) >= 11 is 8.96. The minimum Gasteiger partial charge on any atom is -0.462 e. The van der Waals surface area contributed by atoms with Gasteiger partial charge in [-0.1, -0.05) is 23.7 Å². The Morgan fingerprint density at radius 1 is 1.19 bits per heavy atom. The molecule has 0 radical (unpaired) electrons. The first-order valence-electron chi connectivity index (χ1n) is 9.06. The summed E-state index contributed by atoms with van der Waals surface area (Å²) in [6.07, 6.45) is 1.61. The van der Waals surface area contributed by atoms with Gasteiger partial charge < -0.3 is 10.1 Å². The predicted octanol–water partition coefficient (Wildman–Crippen LogP) is 4.80. The third-order valence-electron chi connectivity index (χ3n) is 4.09. The highest BCUT2D eigenvalue weighted by molar-refractivity contribution is 14.1. The van der Waals surface area contributed by atoms with Gasteiger partial charge in [-0.2, -0.15) is 0 Å². The van der Waals surface area contributed by atoms with Crippen LogP contribution in [0.15, 0.2) is 47.4 Å². The number of carbonyl (C=O) groups excluding carboxylic acids is 4. The number of thioether (sulfide) groups is 1. The molecule has 1 heterocycles. The van der Waals surface area contributed by atoms with Crippen molar-refractivity contribution in [3.8, 4) is 0 Å². The number of esters is 1. The highest BCUT2D eigenvalue weighted by atomic mass is 127. The van der Waals surface area contributed by atoms with Gasteiger partial charge >= 0.3 is 5.97 Å². The molecule has 3 rings (SSSR count). The summed E-state index contributed by atoms with van der Waals surface area (Å²) < 4.78 is 5.98. The molecule has 7 nitrogen and oxygen atoms in total. The Morgan fingerprint density at radius 3 is 2.58 bits per heavy atom. The number of imide groups is 1. The van der Waals surface area contributed by atoms with E-state index in [4.69, 9.17) is 16.3 Å². The summed E-state index contributed by atoms with van der Waals surface area (Å²) in [6, 6.07) is 11.8. The summed E-state index contributed by atoms with van der Waals surface area (Å²) in [6.45, 7) is 1.40. The monoisotopic (exact) mass is 570 g/mol. The second-order valence-corrected chi connectivity index (χ2v) is 8.93. The van der Waals surface area contributed by atoms with Gasteiger partial charge in [0.2, 0.25) is 5.91 Å². The number of hydrogen-bond donors (Lipinski definition) is 1. The third-order valence-corrected chi connectivity index (χ3v) is 6.04. The number of anilines is 1. The Balaban J connectivity index is 1.68. The van der Waals surface area contributed by atoms with Gasteiger partial charge in [-0.15, -0.1) is 0 Å². The molecular weight excluding hydrogens is 555 g/mol. The topological polar surface area (TPSA) is 92.8 Å². The van der Waals surface area contributed by atoms with E-state index in [0.717, 1.165) is 25.8 Å². The van der Waals surface area contributed by atoms with Gasteiger partial charge in [-0.25, -0.2) is 4.79 Å². The first kappa shape index (κ1) is 23.3. The molecule has 0 unspecified atom stereocenters. The van der Waals surface area contributed by atoms with E-state index >= 15 is 0 Å². The van der Waals surface area contributed by atoms with E-state index in [9.17, 15) is 19.2 Å². The fourth-order valence-electron chi connectivity index (χ4n) is 2.66. The van der Waals surface area contributed by atoms with Crippen LogP contribution in [-0.2, 0) is 14.3 Å². The maximum atomic E-state index is 12.6. The molecule has 1 N–H and O–H groups in total. The van der Waals surface area contributed by atoms with Crippen LogP contribution in [0.5, 0.6) is 0 Å². The van der Waals surface area contributed by atoms with Crippen LogP contribution in [0.4, 0.5) is 10.5 Å². The Bertz CT molecular complexity index is 1090. The van der Waals surface area contributed by atoms with Gasteiger partial charge in [-0.3, -0.25) is 19.3 Å². The smallest absolute Gasteiger partial charge is 0.339 e. The van der Waals surface area contributed by atoms with Gasteiger partial charge in [0.15, 0.2) is 0 Å². The number of halogens is 2. The average Bonchev–Trinajstić information content (AvgIpc) is 2.98. The van der Waals surface area contributed by atoms with Crippen LogP contribution in [-0.4, -0.2) is 41.1 Å². The van der Waals surface area contributed by atoms with Gasteiger partial charge in [-0.05, 0) is 83.2 Å². The lowest BCUT2D eigenvalue weighted by molar-refractivity contribution is -0.127. The van der Waals surface area contributed by atoms with Crippen LogP contribution >= 0.6 is 46.0 Å². The SMILES string of the molecule is CCOC(=O)c1cc(NC(=O)CN2C(=O)S/C(=C\c3ccc(I)cc3)C2=O)ccc1Cl. The third kappa shape index (κ3) is 5.86. The second kappa shape index (κ2) is 10.3. The first-order valence-corrected chi connectivity index (χ1v) is 11.3. The number of carbonyl (C=O) groups is 4. The average molecular weight is 571 g/mol. The van der Waals surface area contributed by atoms with Crippen molar-refractivity contribution < 1.29 is 23.9 Å². The number of ether oxygens (including phenoxy) is 1. The Morgan fingerprint density at radius 2 is 1.90 bits per heavy atom. The van der Waals surface area contributed by atoms with Crippen molar-refractivity contribution in [3.05, 3.63) is 67.1 Å². The lowest BCUT2D eigenvalue weighted by Gasteiger charge is -2.13. The van der Waals surface area contributed by atoms with Crippen LogP contribution in [0, 0.1) is 3.57 Å². The maximum Gasteiger partial charge on any atom is 0.339 e. The molecule has 0 atom stereocenters. The summed E-state index contributed by atoms with van der Waals surface area (Å²) in [5.74, 6) is -1.74. The van der Waals surface area contributed by atoms with Crippen LogP contribution in [0.2, 0.25) is 5.02 Å². The molecule has 1 saturated heterocycles. The molecule has 1 fully saturated rings. The van der Waals surface area contributed by atoms with Gasteiger partial charge in [0.1, 0.15) is 6.54 Å². The van der Waals surface area contributed by atoms with Gasteiger partial charge in [0.25, 0.3) is 11.1 Å². The quantitative estimate of drug-likeness (QED) is 0.305. The molecule has 2 aromatic carbocycles. The van der Waals surface area contributed by atoms with Crippen LogP contribution in [0.25, 0.3) is 6.08 Å². The zero-order valence-electron chi connectivity index (χ0n) is 16.2. The molecular formula is C21H16ClIN2O5S. The molecule has 2 aromatic rings. The Labute approximate surface area is 201 Å². The predicted molar refractivity (Wildman–Crippen MR) is 128 cm³/mol. The Kier molecular flexibility index (Phi) is 7.74. The Hall–Kier alpha value is -2.37. The maximum absolute atomic E-state index is 12.6. The molecule has 1 aliphatic rings.